The summed E-state index contributed by atoms with van der Waals surface area (Å²) < 4.78 is 11.0. The van der Waals surface area contributed by atoms with Gasteiger partial charge in [-0.1, -0.05) is 23.2 Å². The van der Waals surface area contributed by atoms with E-state index in [4.69, 9.17) is 32.7 Å². The lowest BCUT2D eigenvalue weighted by Gasteiger charge is -2.30. The number of likely N-dealkylation sites (N-methyl/N-ethyl adjacent to an activating group) is 1. The van der Waals surface area contributed by atoms with Crippen LogP contribution in [0.1, 0.15) is 0 Å². The lowest BCUT2D eigenvalue weighted by Crippen LogP contribution is -2.42. The zero-order chi connectivity index (χ0) is 21.0. The zero-order valence-electron chi connectivity index (χ0n) is 16.1. The number of ether oxygens (including phenoxy) is 2. The normalized spacial score (nSPS) is 13.1. The molecule has 9 heteroatoms. The highest BCUT2D eigenvalue weighted by atomic mass is 35.5. The van der Waals surface area contributed by atoms with Crippen LogP contribution in [0, 0.1) is 0 Å². The number of nitrogens with one attached hydrogen (secondary N) is 1. The van der Waals surface area contributed by atoms with E-state index in [1.54, 1.807) is 41.3 Å². The van der Waals surface area contributed by atoms with Crippen molar-refractivity contribution in [2.75, 3.05) is 50.6 Å². The highest BCUT2D eigenvalue weighted by Crippen LogP contribution is 2.34. The third-order valence-corrected chi connectivity index (χ3v) is 4.74. The van der Waals surface area contributed by atoms with Crippen molar-refractivity contribution in [3.63, 3.8) is 0 Å². The number of benzene rings is 2. The third kappa shape index (κ3) is 5.53. The summed E-state index contributed by atoms with van der Waals surface area (Å²) in [5, 5.41) is 3.56. The molecule has 29 heavy (non-hydrogen) atoms. The molecule has 0 aliphatic carbocycles. The van der Waals surface area contributed by atoms with Crippen molar-refractivity contribution in [1.29, 1.82) is 0 Å². The second kappa shape index (κ2) is 9.35. The molecule has 0 atom stereocenters. The van der Waals surface area contributed by atoms with Gasteiger partial charge >= 0.3 is 0 Å². The topological polar surface area (TPSA) is 71.1 Å². The van der Waals surface area contributed by atoms with E-state index in [1.807, 2.05) is 19.0 Å². The lowest BCUT2D eigenvalue weighted by atomic mass is 10.2. The average molecular weight is 438 g/mol. The summed E-state index contributed by atoms with van der Waals surface area (Å²) in [5.41, 5.74) is 1.23. The number of fused-ring (bicyclic) bond motifs is 1. The van der Waals surface area contributed by atoms with Crippen molar-refractivity contribution in [3.05, 3.63) is 46.4 Å². The van der Waals surface area contributed by atoms with Gasteiger partial charge in [0.25, 0.3) is 11.8 Å². The first-order valence-electron chi connectivity index (χ1n) is 8.93. The number of rotatable bonds is 7. The van der Waals surface area contributed by atoms with E-state index in [0.717, 1.165) is 6.54 Å². The number of amides is 2. The summed E-state index contributed by atoms with van der Waals surface area (Å²) in [7, 11) is 3.90. The Balaban J connectivity index is 1.63. The Kier molecular flexibility index (Phi) is 6.84. The maximum Gasteiger partial charge on any atom is 0.265 e. The van der Waals surface area contributed by atoms with Crippen molar-refractivity contribution in [1.82, 2.24) is 4.90 Å². The summed E-state index contributed by atoms with van der Waals surface area (Å²) in [6.07, 6.45) is 0. The molecule has 0 bridgehead atoms. The van der Waals surface area contributed by atoms with Gasteiger partial charge in [-0.05, 0) is 44.4 Å². The van der Waals surface area contributed by atoms with Crippen LogP contribution in [0.4, 0.5) is 11.4 Å². The fourth-order valence-corrected chi connectivity index (χ4v) is 3.22. The third-order valence-electron chi connectivity index (χ3n) is 4.21. The summed E-state index contributed by atoms with van der Waals surface area (Å²) in [4.78, 5) is 28.1. The van der Waals surface area contributed by atoms with Gasteiger partial charge in [-0.2, -0.15) is 0 Å². The lowest BCUT2D eigenvalue weighted by molar-refractivity contribution is -0.121. The van der Waals surface area contributed by atoms with Crippen LogP contribution >= 0.6 is 23.2 Å². The highest BCUT2D eigenvalue weighted by Gasteiger charge is 2.25. The molecule has 1 aliphatic rings. The van der Waals surface area contributed by atoms with Crippen molar-refractivity contribution >= 4 is 46.4 Å². The van der Waals surface area contributed by atoms with Crippen LogP contribution < -0.4 is 19.7 Å². The Morgan fingerprint density at radius 2 is 2.03 bits per heavy atom. The maximum absolute atomic E-state index is 12.2. The molecule has 0 saturated heterocycles. The Labute approximate surface area is 179 Å². The fourth-order valence-electron chi connectivity index (χ4n) is 2.76. The molecule has 2 aromatic rings. The Morgan fingerprint density at radius 1 is 1.24 bits per heavy atom. The largest absolute Gasteiger partial charge is 0.482 e. The minimum atomic E-state index is -0.354. The van der Waals surface area contributed by atoms with Crippen LogP contribution in [-0.4, -0.2) is 57.1 Å². The van der Waals surface area contributed by atoms with Gasteiger partial charge in [0.15, 0.2) is 13.2 Å². The minimum absolute atomic E-state index is 0.0317. The van der Waals surface area contributed by atoms with E-state index in [0.29, 0.717) is 39.5 Å². The molecule has 0 fully saturated rings. The molecule has 2 aromatic carbocycles. The van der Waals surface area contributed by atoms with E-state index < -0.39 is 0 Å². The number of anilines is 2. The molecular weight excluding hydrogens is 417 g/mol. The van der Waals surface area contributed by atoms with E-state index in [1.165, 1.54) is 0 Å². The van der Waals surface area contributed by atoms with Gasteiger partial charge in [-0.15, -0.1) is 0 Å². The molecule has 7 nitrogen and oxygen atoms in total. The molecule has 3 rings (SSSR count). The Bertz CT molecular complexity index is 921. The molecular formula is C20H21Cl2N3O4. The molecule has 0 aromatic heterocycles. The summed E-state index contributed by atoms with van der Waals surface area (Å²) in [6, 6.07) is 9.94. The smallest absolute Gasteiger partial charge is 0.265 e. The second-order valence-electron chi connectivity index (χ2n) is 6.73. The SMILES string of the molecule is CN(C)CCN1C(=O)COc2cc(NC(=O)COc3ccc(Cl)cc3Cl)ccc21. The monoisotopic (exact) mass is 437 g/mol. The fraction of sp³-hybridized carbons (Fsp3) is 0.300. The van der Waals surface area contributed by atoms with Crippen LogP contribution in [0.15, 0.2) is 36.4 Å². The average Bonchev–Trinajstić information content (AvgIpc) is 2.66. The molecule has 0 radical (unpaired) electrons. The van der Waals surface area contributed by atoms with Crippen molar-refractivity contribution in [2.24, 2.45) is 0 Å². The van der Waals surface area contributed by atoms with Gasteiger partial charge in [0, 0.05) is 29.9 Å². The van der Waals surface area contributed by atoms with Gasteiger partial charge in [0.2, 0.25) is 0 Å². The number of carbonyl (C=O) groups is 2. The van der Waals surface area contributed by atoms with Crippen molar-refractivity contribution in [3.8, 4) is 11.5 Å². The minimum Gasteiger partial charge on any atom is -0.482 e. The van der Waals surface area contributed by atoms with Crippen molar-refractivity contribution in [2.45, 2.75) is 0 Å². The number of hydrogen-bond donors (Lipinski definition) is 1. The molecule has 2 amide bonds. The molecule has 154 valence electrons. The predicted molar refractivity (Wildman–Crippen MR) is 113 cm³/mol. The first-order valence-corrected chi connectivity index (χ1v) is 9.69. The predicted octanol–water partition coefficient (Wildman–Crippen LogP) is 3.30. The Morgan fingerprint density at radius 3 is 2.76 bits per heavy atom. The number of halogens is 2. The second-order valence-corrected chi connectivity index (χ2v) is 7.58. The number of hydrogen-bond acceptors (Lipinski definition) is 5. The standard InChI is InChI=1S/C20H21Cl2N3O4/c1-24(2)7-8-25-16-5-4-14(10-18(16)29-12-20(25)27)23-19(26)11-28-17-6-3-13(21)9-15(17)22/h3-6,9-10H,7-8,11-12H2,1-2H3,(H,23,26). The highest BCUT2D eigenvalue weighted by molar-refractivity contribution is 6.35. The quantitative estimate of drug-likeness (QED) is 0.719. The molecule has 0 saturated carbocycles. The van der Waals surface area contributed by atoms with Crippen LogP contribution in [0.25, 0.3) is 0 Å². The molecule has 1 aliphatic heterocycles. The van der Waals surface area contributed by atoms with E-state index >= 15 is 0 Å². The van der Waals surface area contributed by atoms with Gasteiger partial charge in [0.05, 0.1) is 10.7 Å². The zero-order valence-corrected chi connectivity index (χ0v) is 17.6. The summed E-state index contributed by atoms with van der Waals surface area (Å²) in [5.74, 6) is 0.467. The molecule has 1 heterocycles. The van der Waals surface area contributed by atoms with E-state index in [2.05, 4.69) is 5.32 Å². The van der Waals surface area contributed by atoms with Crippen LogP contribution in [-0.2, 0) is 9.59 Å². The summed E-state index contributed by atoms with van der Waals surface area (Å²) in [6.45, 7) is 1.04. The van der Waals surface area contributed by atoms with Crippen molar-refractivity contribution < 1.29 is 19.1 Å². The van der Waals surface area contributed by atoms with E-state index in [9.17, 15) is 9.59 Å². The first kappa shape index (κ1) is 21.2. The van der Waals surface area contributed by atoms with Gasteiger partial charge in [-0.3, -0.25) is 9.59 Å². The van der Waals surface area contributed by atoms with Gasteiger partial charge < -0.3 is 24.6 Å². The van der Waals surface area contributed by atoms with E-state index in [-0.39, 0.29) is 25.0 Å². The molecule has 0 unspecified atom stereocenters. The summed E-state index contributed by atoms with van der Waals surface area (Å²) >= 11 is 11.9. The first-order chi connectivity index (χ1) is 13.8. The Hall–Kier alpha value is -2.48. The number of nitrogens with zero attached hydrogens (tertiary/aromatic N) is 2. The van der Waals surface area contributed by atoms with Crippen LogP contribution in [0.2, 0.25) is 10.0 Å². The molecule has 1 N–H and O–H groups in total. The molecule has 0 spiro atoms. The van der Waals surface area contributed by atoms with Crippen LogP contribution in [0.5, 0.6) is 11.5 Å². The van der Waals surface area contributed by atoms with Gasteiger partial charge in [0.1, 0.15) is 11.5 Å². The number of carbonyl (C=O) groups excluding carboxylic acids is 2. The maximum atomic E-state index is 12.2. The van der Waals surface area contributed by atoms with Crippen LogP contribution in [0.3, 0.4) is 0 Å². The van der Waals surface area contributed by atoms with Gasteiger partial charge in [-0.25, -0.2) is 0 Å².